The highest BCUT2D eigenvalue weighted by Crippen LogP contribution is 2.25. The Morgan fingerprint density at radius 2 is 2.04 bits per heavy atom. The maximum atomic E-state index is 12.8. The van der Waals surface area contributed by atoms with E-state index in [2.05, 4.69) is 10.6 Å². The first kappa shape index (κ1) is 21.3. The van der Waals surface area contributed by atoms with Crippen LogP contribution in [0.2, 0.25) is 0 Å². The molecule has 3 amide bonds. The molecule has 2 N–H and O–H groups in total. The van der Waals surface area contributed by atoms with Crippen molar-refractivity contribution in [3.05, 3.63) is 0 Å². The molecule has 0 spiro atoms. The van der Waals surface area contributed by atoms with Gasteiger partial charge >= 0.3 is 0 Å². The molecule has 148 valence electrons. The minimum Gasteiger partial charge on any atom is -0.354 e. The third-order valence-corrected chi connectivity index (χ3v) is 6.36. The number of nitrogens with one attached hydrogen (secondary N) is 2. The third kappa shape index (κ3) is 5.04. The van der Waals surface area contributed by atoms with E-state index in [0.29, 0.717) is 30.6 Å². The Kier molecular flexibility index (Phi) is 8.04. The Morgan fingerprint density at radius 3 is 2.73 bits per heavy atom. The minimum absolute atomic E-state index is 0. The summed E-state index contributed by atoms with van der Waals surface area (Å²) in [6, 6.07) is -0.375. The van der Waals surface area contributed by atoms with E-state index < -0.39 is 0 Å². The number of halogens is 1. The number of carbonyl (C=O) groups is 3. The molecule has 0 bridgehead atoms. The molecule has 3 fully saturated rings. The molecule has 0 saturated carbocycles. The van der Waals surface area contributed by atoms with Crippen LogP contribution < -0.4 is 10.6 Å². The van der Waals surface area contributed by atoms with Gasteiger partial charge in [0.2, 0.25) is 17.7 Å². The normalized spacial score (nSPS) is 28.6. The maximum Gasteiger partial charge on any atom is 0.246 e. The summed E-state index contributed by atoms with van der Waals surface area (Å²) in [6.07, 6.45) is 3.93. The van der Waals surface area contributed by atoms with Crippen molar-refractivity contribution in [1.29, 1.82) is 0 Å². The van der Waals surface area contributed by atoms with Crippen LogP contribution in [0.4, 0.5) is 0 Å². The number of carbonyl (C=O) groups excluding carboxylic acids is 3. The summed E-state index contributed by atoms with van der Waals surface area (Å²) in [4.78, 5) is 40.2. The molecule has 3 atom stereocenters. The molecular formula is C17H29ClN4O3S. The number of nitrogens with zero attached hydrogens (tertiary/aromatic N) is 2. The molecule has 3 unspecified atom stereocenters. The van der Waals surface area contributed by atoms with Gasteiger partial charge in [0.05, 0.1) is 11.9 Å². The monoisotopic (exact) mass is 404 g/mol. The van der Waals surface area contributed by atoms with Crippen LogP contribution in [0.5, 0.6) is 0 Å². The molecule has 0 radical (unpaired) electrons. The fourth-order valence-corrected chi connectivity index (χ4v) is 5.09. The van der Waals surface area contributed by atoms with Crippen molar-refractivity contribution in [1.82, 2.24) is 20.4 Å². The quantitative estimate of drug-likeness (QED) is 0.710. The molecule has 7 nitrogen and oxygen atoms in total. The Labute approximate surface area is 165 Å². The molecule has 3 aliphatic rings. The fourth-order valence-electron chi connectivity index (χ4n) is 3.88. The van der Waals surface area contributed by atoms with E-state index in [1.807, 2.05) is 4.90 Å². The lowest BCUT2D eigenvalue weighted by molar-refractivity contribution is -0.143. The summed E-state index contributed by atoms with van der Waals surface area (Å²) in [7, 11) is 0. The van der Waals surface area contributed by atoms with E-state index in [9.17, 15) is 14.4 Å². The van der Waals surface area contributed by atoms with Crippen molar-refractivity contribution in [2.75, 3.05) is 37.8 Å². The molecule has 0 aromatic carbocycles. The Morgan fingerprint density at radius 1 is 1.23 bits per heavy atom. The van der Waals surface area contributed by atoms with E-state index in [1.165, 1.54) is 6.92 Å². The summed E-state index contributed by atoms with van der Waals surface area (Å²) in [5.74, 6) is 1.69. The fraction of sp³-hybridized carbons (Fsp3) is 0.824. The van der Waals surface area contributed by atoms with Gasteiger partial charge in [-0.25, -0.2) is 0 Å². The second-order valence-corrected chi connectivity index (χ2v) is 8.19. The minimum atomic E-state index is -0.321. The van der Waals surface area contributed by atoms with Crippen LogP contribution in [0, 0.1) is 5.92 Å². The van der Waals surface area contributed by atoms with Gasteiger partial charge in [-0.3, -0.25) is 14.4 Å². The van der Waals surface area contributed by atoms with E-state index in [-0.39, 0.29) is 42.2 Å². The SMILES string of the molecule is CC(=O)N1CSCC1C(=O)N1CCCC(CNC(=O)C2CCCN2)C1.Cl. The van der Waals surface area contributed by atoms with Gasteiger partial charge in [0, 0.05) is 32.3 Å². The van der Waals surface area contributed by atoms with Crippen LogP contribution in [-0.2, 0) is 14.4 Å². The molecule has 0 aromatic heterocycles. The predicted molar refractivity (Wildman–Crippen MR) is 104 cm³/mol. The first-order valence-corrected chi connectivity index (χ1v) is 10.4. The summed E-state index contributed by atoms with van der Waals surface area (Å²) < 4.78 is 0. The van der Waals surface area contributed by atoms with Crippen LogP contribution in [-0.4, -0.2) is 77.4 Å². The van der Waals surface area contributed by atoms with Gasteiger partial charge in [-0.1, -0.05) is 0 Å². The van der Waals surface area contributed by atoms with Gasteiger partial charge in [0.25, 0.3) is 0 Å². The van der Waals surface area contributed by atoms with Crippen molar-refractivity contribution >= 4 is 41.9 Å². The molecule has 3 aliphatic heterocycles. The number of piperidine rings is 1. The number of amides is 3. The topological polar surface area (TPSA) is 81.8 Å². The Hall–Kier alpha value is -0.990. The van der Waals surface area contributed by atoms with Gasteiger partial charge in [-0.2, -0.15) is 0 Å². The maximum absolute atomic E-state index is 12.8. The highest BCUT2D eigenvalue weighted by Gasteiger charge is 2.37. The molecule has 26 heavy (non-hydrogen) atoms. The lowest BCUT2D eigenvalue weighted by Crippen LogP contribution is -2.52. The predicted octanol–water partition coefficient (Wildman–Crippen LogP) is 0.436. The standard InChI is InChI=1S/C17H28N4O3S.ClH/c1-12(22)21-11-25-10-15(21)17(24)20-7-3-4-13(9-20)8-19-16(23)14-5-2-6-18-14;/h13-15,18H,2-11H2,1H3,(H,19,23);1H. The van der Waals surface area contributed by atoms with Gasteiger partial charge < -0.3 is 20.4 Å². The summed E-state index contributed by atoms with van der Waals surface area (Å²) in [5.41, 5.74) is 0. The van der Waals surface area contributed by atoms with Crippen LogP contribution in [0.15, 0.2) is 0 Å². The number of rotatable bonds is 4. The van der Waals surface area contributed by atoms with Crippen LogP contribution >= 0.6 is 24.2 Å². The molecular weight excluding hydrogens is 376 g/mol. The number of hydrogen-bond donors (Lipinski definition) is 2. The van der Waals surface area contributed by atoms with Gasteiger partial charge in [0.15, 0.2) is 0 Å². The summed E-state index contributed by atoms with van der Waals surface area (Å²) in [6.45, 7) is 4.48. The first-order valence-electron chi connectivity index (χ1n) is 9.21. The lowest BCUT2D eigenvalue weighted by Gasteiger charge is -2.36. The van der Waals surface area contributed by atoms with Crippen molar-refractivity contribution in [2.24, 2.45) is 5.92 Å². The van der Waals surface area contributed by atoms with Crippen molar-refractivity contribution in [3.8, 4) is 0 Å². The second-order valence-electron chi connectivity index (χ2n) is 7.19. The molecule has 3 saturated heterocycles. The van der Waals surface area contributed by atoms with Crippen LogP contribution in [0.25, 0.3) is 0 Å². The molecule has 9 heteroatoms. The molecule has 3 heterocycles. The zero-order valence-corrected chi connectivity index (χ0v) is 16.9. The average Bonchev–Trinajstić information content (AvgIpc) is 3.30. The Bertz CT molecular complexity index is 530. The van der Waals surface area contributed by atoms with Gasteiger partial charge in [-0.15, -0.1) is 24.2 Å². The molecule has 0 aliphatic carbocycles. The van der Waals surface area contributed by atoms with Gasteiger partial charge in [0.1, 0.15) is 6.04 Å². The average molecular weight is 405 g/mol. The van der Waals surface area contributed by atoms with Crippen molar-refractivity contribution in [3.63, 3.8) is 0 Å². The largest absolute Gasteiger partial charge is 0.354 e. The third-order valence-electron chi connectivity index (χ3n) is 5.34. The first-order chi connectivity index (χ1) is 12.1. The van der Waals surface area contributed by atoms with Crippen LogP contribution in [0.1, 0.15) is 32.6 Å². The van der Waals surface area contributed by atoms with Crippen molar-refractivity contribution < 1.29 is 14.4 Å². The zero-order valence-electron chi connectivity index (χ0n) is 15.2. The summed E-state index contributed by atoms with van der Waals surface area (Å²) in [5, 5.41) is 6.25. The highest BCUT2D eigenvalue weighted by atomic mass is 35.5. The van der Waals surface area contributed by atoms with E-state index in [1.54, 1.807) is 16.7 Å². The van der Waals surface area contributed by atoms with Crippen molar-refractivity contribution in [2.45, 2.75) is 44.7 Å². The number of thioether (sulfide) groups is 1. The molecule has 3 rings (SSSR count). The van der Waals surface area contributed by atoms with E-state index >= 15 is 0 Å². The number of hydrogen-bond acceptors (Lipinski definition) is 5. The second kappa shape index (κ2) is 9.80. The van der Waals surface area contributed by atoms with E-state index in [4.69, 9.17) is 0 Å². The van der Waals surface area contributed by atoms with Crippen LogP contribution in [0.3, 0.4) is 0 Å². The highest BCUT2D eigenvalue weighted by molar-refractivity contribution is 7.99. The molecule has 0 aromatic rings. The van der Waals surface area contributed by atoms with Gasteiger partial charge in [-0.05, 0) is 38.1 Å². The lowest BCUT2D eigenvalue weighted by atomic mass is 9.97. The summed E-state index contributed by atoms with van der Waals surface area (Å²) >= 11 is 1.63. The smallest absolute Gasteiger partial charge is 0.246 e. The zero-order chi connectivity index (χ0) is 17.8. The van der Waals surface area contributed by atoms with E-state index in [0.717, 1.165) is 38.8 Å². The Balaban J connectivity index is 0.00000243. The number of likely N-dealkylation sites (tertiary alicyclic amines) is 1.